The average Bonchev–Trinajstić information content (AvgIpc) is 2.12. The van der Waals surface area contributed by atoms with E-state index in [1.807, 2.05) is 6.92 Å². The highest BCUT2D eigenvalue weighted by Gasteiger charge is 2.20. The molecule has 0 heterocycles. The highest BCUT2D eigenvalue weighted by Crippen LogP contribution is 2.15. The lowest BCUT2D eigenvalue weighted by atomic mass is 10.1. The zero-order chi connectivity index (χ0) is 13.9. The second kappa shape index (κ2) is 6.22. The highest BCUT2D eigenvalue weighted by molar-refractivity contribution is 9.09. The smallest absolute Gasteiger partial charge is 0.257 e. The van der Waals surface area contributed by atoms with E-state index in [4.69, 9.17) is 0 Å². The number of carbonyl (C=O) groups is 1. The van der Waals surface area contributed by atoms with Gasteiger partial charge in [0.2, 0.25) is 0 Å². The third-order valence-electron chi connectivity index (χ3n) is 2.29. The van der Waals surface area contributed by atoms with Crippen molar-refractivity contribution in [3.8, 4) is 0 Å². The second-order valence-electron chi connectivity index (χ2n) is 4.14. The molecule has 1 aromatic rings. The molecule has 0 aliphatic heterocycles. The van der Waals surface area contributed by atoms with Crippen LogP contribution in [0.15, 0.2) is 12.1 Å². The molecule has 0 saturated carbocycles. The molecule has 1 aromatic carbocycles. The normalized spacial score (nSPS) is 14.1. The summed E-state index contributed by atoms with van der Waals surface area (Å²) in [5, 5.41) is 2.46. The van der Waals surface area contributed by atoms with Gasteiger partial charge in [0, 0.05) is 23.0 Å². The van der Waals surface area contributed by atoms with Crippen LogP contribution >= 0.6 is 15.9 Å². The van der Waals surface area contributed by atoms with Crippen LogP contribution in [0.25, 0.3) is 0 Å². The van der Waals surface area contributed by atoms with Crippen molar-refractivity contribution in [1.29, 1.82) is 0 Å². The lowest BCUT2D eigenvalue weighted by Gasteiger charge is -2.15. The summed E-state index contributed by atoms with van der Waals surface area (Å²) in [6.07, 6.45) is 0.607. The summed E-state index contributed by atoms with van der Waals surface area (Å²) >= 11 is 3.31. The topological polar surface area (TPSA) is 29.1 Å². The molecule has 0 radical (unpaired) electrons. The number of benzene rings is 1. The van der Waals surface area contributed by atoms with Gasteiger partial charge in [-0.15, -0.1) is 0 Å². The molecule has 2 unspecified atom stereocenters. The van der Waals surface area contributed by atoms with Gasteiger partial charge < -0.3 is 5.32 Å². The van der Waals surface area contributed by atoms with Crippen LogP contribution in [0.3, 0.4) is 0 Å². The SMILES string of the molecule is CC(Br)CC(C)NC(=O)c1c(F)cc(F)cc1F. The summed E-state index contributed by atoms with van der Waals surface area (Å²) in [6.45, 7) is 3.61. The predicted octanol–water partition coefficient (Wildman–Crippen LogP) is 3.40. The molecule has 0 saturated heterocycles. The molecule has 1 rings (SSSR count). The van der Waals surface area contributed by atoms with Gasteiger partial charge in [0.15, 0.2) is 0 Å². The second-order valence-corrected chi connectivity index (χ2v) is 5.70. The van der Waals surface area contributed by atoms with Gasteiger partial charge in [0.05, 0.1) is 0 Å². The molecular weight excluding hydrogens is 311 g/mol. The van der Waals surface area contributed by atoms with E-state index in [-0.39, 0.29) is 10.9 Å². The predicted molar refractivity (Wildman–Crippen MR) is 66.3 cm³/mol. The lowest BCUT2D eigenvalue weighted by Crippen LogP contribution is -2.35. The van der Waals surface area contributed by atoms with Crippen LogP contribution in [0, 0.1) is 17.5 Å². The summed E-state index contributed by atoms with van der Waals surface area (Å²) in [6, 6.07) is 0.710. The molecule has 2 nitrogen and oxygen atoms in total. The van der Waals surface area contributed by atoms with Crippen molar-refractivity contribution >= 4 is 21.8 Å². The molecule has 100 valence electrons. The summed E-state index contributed by atoms with van der Waals surface area (Å²) < 4.78 is 39.3. The largest absolute Gasteiger partial charge is 0.349 e. The van der Waals surface area contributed by atoms with E-state index in [9.17, 15) is 18.0 Å². The van der Waals surface area contributed by atoms with E-state index in [2.05, 4.69) is 21.2 Å². The third kappa shape index (κ3) is 4.01. The van der Waals surface area contributed by atoms with Gasteiger partial charge in [-0.25, -0.2) is 13.2 Å². The van der Waals surface area contributed by atoms with E-state index >= 15 is 0 Å². The monoisotopic (exact) mass is 323 g/mol. The number of halogens is 4. The van der Waals surface area contributed by atoms with E-state index < -0.39 is 28.9 Å². The molecule has 1 N–H and O–H groups in total. The van der Waals surface area contributed by atoms with Gasteiger partial charge in [-0.05, 0) is 13.3 Å². The number of carbonyl (C=O) groups excluding carboxylic acids is 1. The number of alkyl halides is 1. The molecular formula is C12H13BrF3NO. The fraction of sp³-hybridized carbons (Fsp3) is 0.417. The number of hydrogen-bond acceptors (Lipinski definition) is 1. The fourth-order valence-electron chi connectivity index (χ4n) is 1.60. The molecule has 0 fully saturated rings. The number of nitrogens with one attached hydrogen (secondary N) is 1. The van der Waals surface area contributed by atoms with Crippen LogP contribution < -0.4 is 5.32 Å². The minimum absolute atomic E-state index is 0.163. The van der Waals surface area contributed by atoms with Gasteiger partial charge in [0.1, 0.15) is 23.0 Å². The van der Waals surface area contributed by atoms with Gasteiger partial charge in [-0.3, -0.25) is 4.79 Å². The Hall–Kier alpha value is -1.04. The Balaban J connectivity index is 2.85. The van der Waals surface area contributed by atoms with Gasteiger partial charge in [-0.1, -0.05) is 22.9 Å². The van der Waals surface area contributed by atoms with E-state index in [0.717, 1.165) is 0 Å². The van der Waals surface area contributed by atoms with E-state index in [0.29, 0.717) is 18.6 Å². The molecule has 0 aliphatic carbocycles. The highest BCUT2D eigenvalue weighted by atomic mass is 79.9. The first-order chi connectivity index (χ1) is 8.31. The van der Waals surface area contributed by atoms with Crippen molar-refractivity contribution in [2.24, 2.45) is 0 Å². The first-order valence-corrected chi connectivity index (χ1v) is 6.32. The Labute approximate surface area is 112 Å². The molecule has 0 bridgehead atoms. The maximum absolute atomic E-state index is 13.3. The van der Waals surface area contributed by atoms with Crippen molar-refractivity contribution in [1.82, 2.24) is 5.32 Å². The van der Waals surface area contributed by atoms with Crippen molar-refractivity contribution in [2.75, 3.05) is 0 Å². The molecule has 0 aromatic heterocycles. The Morgan fingerprint density at radius 1 is 1.28 bits per heavy atom. The van der Waals surface area contributed by atoms with Crippen LogP contribution in [0.2, 0.25) is 0 Å². The quantitative estimate of drug-likeness (QED) is 0.845. The van der Waals surface area contributed by atoms with Crippen LogP contribution in [0.1, 0.15) is 30.6 Å². The first kappa shape index (κ1) is 15.0. The number of hydrogen-bond donors (Lipinski definition) is 1. The van der Waals surface area contributed by atoms with Crippen molar-refractivity contribution < 1.29 is 18.0 Å². The first-order valence-electron chi connectivity index (χ1n) is 5.40. The maximum Gasteiger partial charge on any atom is 0.257 e. The minimum Gasteiger partial charge on any atom is -0.349 e. The van der Waals surface area contributed by atoms with Crippen molar-refractivity contribution in [3.63, 3.8) is 0 Å². The molecule has 6 heteroatoms. The van der Waals surface area contributed by atoms with Crippen LogP contribution in [0.4, 0.5) is 13.2 Å². The number of amides is 1. The maximum atomic E-state index is 13.3. The Bertz CT molecular complexity index is 428. The Kier molecular flexibility index (Phi) is 5.19. The van der Waals surface area contributed by atoms with Crippen LogP contribution in [-0.4, -0.2) is 16.8 Å². The standard InChI is InChI=1S/C12H13BrF3NO/c1-6(13)3-7(2)17-12(18)11-9(15)4-8(14)5-10(11)16/h4-7H,3H2,1-2H3,(H,17,18). The zero-order valence-electron chi connectivity index (χ0n) is 9.94. The summed E-state index contributed by atoms with van der Waals surface area (Å²) in [5.74, 6) is -4.34. The zero-order valence-corrected chi connectivity index (χ0v) is 11.5. The van der Waals surface area contributed by atoms with Crippen molar-refractivity contribution in [3.05, 3.63) is 35.1 Å². The molecule has 2 atom stereocenters. The fourth-order valence-corrected chi connectivity index (χ4v) is 2.16. The lowest BCUT2D eigenvalue weighted by molar-refractivity contribution is 0.0930. The van der Waals surface area contributed by atoms with Crippen LogP contribution in [-0.2, 0) is 0 Å². The summed E-state index contributed by atoms with van der Waals surface area (Å²) in [7, 11) is 0. The average molecular weight is 324 g/mol. The van der Waals surface area contributed by atoms with Gasteiger partial charge >= 0.3 is 0 Å². The van der Waals surface area contributed by atoms with Crippen molar-refractivity contribution in [2.45, 2.75) is 31.1 Å². The molecule has 18 heavy (non-hydrogen) atoms. The summed E-state index contributed by atoms with van der Waals surface area (Å²) in [5.41, 5.74) is -0.759. The number of rotatable bonds is 4. The minimum atomic E-state index is -1.20. The van der Waals surface area contributed by atoms with E-state index in [1.54, 1.807) is 6.92 Å². The van der Waals surface area contributed by atoms with Crippen LogP contribution in [0.5, 0.6) is 0 Å². The van der Waals surface area contributed by atoms with Gasteiger partial charge in [-0.2, -0.15) is 0 Å². The molecule has 0 aliphatic rings. The summed E-state index contributed by atoms with van der Waals surface area (Å²) in [4.78, 5) is 11.8. The third-order valence-corrected chi connectivity index (χ3v) is 2.66. The molecule has 1 amide bonds. The molecule has 0 spiro atoms. The van der Waals surface area contributed by atoms with E-state index in [1.165, 1.54) is 0 Å². The van der Waals surface area contributed by atoms with Gasteiger partial charge in [0.25, 0.3) is 5.91 Å². The Morgan fingerprint density at radius 3 is 2.22 bits per heavy atom. The Morgan fingerprint density at radius 2 is 1.78 bits per heavy atom.